The molecule has 1 aromatic rings. The molecule has 0 spiro atoms. The molecule has 0 aliphatic carbocycles. The molecular weight excluding hydrogens is 251 g/mol. The van der Waals surface area contributed by atoms with Crippen molar-refractivity contribution in [3.8, 4) is 0 Å². The van der Waals surface area contributed by atoms with Crippen LogP contribution in [0.25, 0.3) is 0 Å². The Bertz CT molecular complexity index is 196. The van der Waals surface area contributed by atoms with Crippen LogP contribution in [-0.2, 0) is 11.3 Å². The summed E-state index contributed by atoms with van der Waals surface area (Å²) in [5.41, 5.74) is 1.23. The molecule has 2 heteroatoms. The zero-order chi connectivity index (χ0) is 8.10. The molecular formula is C9H11IO. The van der Waals surface area contributed by atoms with Crippen molar-refractivity contribution in [2.24, 2.45) is 0 Å². The van der Waals surface area contributed by atoms with Gasteiger partial charge in [-0.1, -0.05) is 52.9 Å². The quantitative estimate of drug-likeness (QED) is 0.601. The number of halogens is 1. The van der Waals surface area contributed by atoms with E-state index in [4.69, 9.17) is 4.74 Å². The van der Waals surface area contributed by atoms with E-state index in [1.54, 1.807) is 0 Å². The van der Waals surface area contributed by atoms with Gasteiger partial charge in [0.1, 0.15) is 4.11 Å². The molecule has 0 fully saturated rings. The van der Waals surface area contributed by atoms with E-state index in [1.165, 1.54) is 5.56 Å². The van der Waals surface area contributed by atoms with Crippen LogP contribution in [-0.4, -0.2) is 4.11 Å². The van der Waals surface area contributed by atoms with Gasteiger partial charge >= 0.3 is 0 Å². The van der Waals surface area contributed by atoms with Crippen LogP contribution in [0.1, 0.15) is 12.5 Å². The van der Waals surface area contributed by atoms with Gasteiger partial charge < -0.3 is 4.74 Å². The lowest BCUT2D eigenvalue weighted by atomic mass is 10.2. The first-order chi connectivity index (χ1) is 5.29. The average molecular weight is 262 g/mol. The summed E-state index contributed by atoms with van der Waals surface area (Å²) in [6.45, 7) is 2.74. The number of hydrogen-bond donors (Lipinski definition) is 0. The Labute approximate surface area is 80.9 Å². The van der Waals surface area contributed by atoms with Crippen molar-refractivity contribution in [2.45, 2.75) is 17.6 Å². The Hall–Kier alpha value is -0.0900. The Balaban J connectivity index is 2.39. The van der Waals surface area contributed by atoms with Gasteiger partial charge in [-0.05, 0) is 12.5 Å². The predicted octanol–water partition coefficient (Wildman–Crippen LogP) is 2.98. The van der Waals surface area contributed by atoms with Crippen molar-refractivity contribution >= 4 is 22.6 Å². The molecule has 0 radical (unpaired) electrons. The highest BCUT2D eigenvalue weighted by Gasteiger charge is 1.94. The molecule has 0 bridgehead atoms. The number of benzene rings is 1. The van der Waals surface area contributed by atoms with Crippen LogP contribution in [0, 0.1) is 0 Å². The zero-order valence-electron chi connectivity index (χ0n) is 6.46. The monoisotopic (exact) mass is 262 g/mol. The minimum Gasteiger partial charge on any atom is -0.363 e. The molecule has 0 aliphatic heterocycles. The van der Waals surface area contributed by atoms with Crippen molar-refractivity contribution in [2.75, 3.05) is 0 Å². The van der Waals surface area contributed by atoms with Gasteiger partial charge in [-0.15, -0.1) is 0 Å². The van der Waals surface area contributed by atoms with Gasteiger partial charge in [0.25, 0.3) is 0 Å². The molecule has 0 saturated carbocycles. The Morgan fingerprint density at radius 3 is 2.55 bits per heavy atom. The lowest BCUT2D eigenvalue weighted by Crippen LogP contribution is -1.98. The van der Waals surface area contributed by atoms with Gasteiger partial charge in [-0.3, -0.25) is 0 Å². The lowest BCUT2D eigenvalue weighted by Gasteiger charge is -2.04. The van der Waals surface area contributed by atoms with Crippen molar-refractivity contribution in [1.29, 1.82) is 0 Å². The highest BCUT2D eigenvalue weighted by atomic mass is 127. The molecule has 1 atom stereocenters. The summed E-state index contributed by atoms with van der Waals surface area (Å²) < 4.78 is 5.70. The molecule has 0 N–H and O–H groups in total. The summed E-state index contributed by atoms with van der Waals surface area (Å²) in [4.78, 5) is 0. The maximum absolute atomic E-state index is 5.41. The number of rotatable bonds is 3. The van der Waals surface area contributed by atoms with E-state index in [1.807, 2.05) is 25.1 Å². The third kappa shape index (κ3) is 3.72. The topological polar surface area (TPSA) is 9.23 Å². The SMILES string of the molecule is CC(I)OCc1ccccc1. The fourth-order valence-corrected chi connectivity index (χ4v) is 0.965. The number of ether oxygens (including phenoxy) is 1. The molecule has 0 saturated heterocycles. The number of hydrogen-bond acceptors (Lipinski definition) is 1. The molecule has 0 amide bonds. The summed E-state index contributed by atoms with van der Waals surface area (Å²) in [7, 11) is 0. The highest BCUT2D eigenvalue weighted by Crippen LogP contribution is 2.06. The van der Waals surface area contributed by atoms with Gasteiger partial charge in [0.2, 0.25) is 0 Å². The third-order valence-corrected chi connectivity index (χ3v) is 1.68. The summed E-state index contributed by atoms with van der Waals surface area (Å²) in [6.07, 6.45) is 0. The first-order valence-corrected chi connectivity index (χ1v) is 4.83. The van der Waals surface area contributed by atoms with Gasteiger partial charge in [0.15, 0.2) is 0 Å². The molecule has 0 aromatic heterocycles. The first kappa shape index (κ1) is 9.00. The third-order valence-electron chi connectivity index (χ3n) is 1.32. The standard InChI is InChI=1S/C9H11IO/c1-8(10)11-7-9-5-3-2-4-6-9/h2-6,8H,7H2,1H3. The minimum absolute atomic E-state index is 0.285. The Morgan fingerprint density at radius 1 is 1.36 bits per heavy atom. The van der Waals surface area contributed by atoms with E-state index >= 15 is 0 Å². The van der Waals surface area contributed by atoms with Gasteiger partial charge in [-0.25, -0.2) is 0 Å². The van der Waals surface area contributed by atoms with Crippen LogP contribution >= 0.6 is 22.6 Å². The summed E-state index contributed by atoms with van der Waals surface area (Å²) in [5, 5.41) is 0. The van der Waals surface area contributed by atoms with Crippen LogP contribution in [0.5, 0.6) is 0 Å². The average Bonchev–Trinajstić information content (AvgIpc) is 2.03. The molecule has 0 heterocycles. The summed E-state index contributed by atoms with van der Waals surface area (Å²) >= 11 is 2.25. The largest absolute Gasteiger partial charge is 0.363 e. The molecule has 0 aliphatic rings. The van der Waals surface area contributed by atoms with Gasteiger partial charge in [0, 0.05) is 0 Å². The second-order valence-electron chi connectivity index (χ2n) is 2.34. The Kier molecular flexibility index (Phi) is 3.86. The summed E-state index contributed by atoms with van der Waals surface area (Å²) in [5.74, 6) is 0. The van der Waals surface area contributed by atoms with Crippen molar-refractivity contribution in [3.05, 3.63) is 35.9 Å². The van der Waals surface area contributed by atoms with E-state index in [9.17, 15) is 0 Å². The Morgan fingerprint density at radius 2 is 2.00 bits per heavy atom. The van der Waals surface area contributed by atoms with Crippen LogP contribution in [0.4, 0.5) is 0 Å². The molecule has 1 aromatic carbocycles. The normalized spacial score (nSPS) is 12.9. The minimum atomic E-state index is 0.285. The molecule has 11 heavy (non-hydrogen) atoms. The van der Waals surface area contributed by atoms with Crippen molar-refractivity contribution in [1.82, 2.24) is 0 Å². The molecule has 60 valence electrons. The van der Waals surface area contributed by atoms with Crippen LogP contribution in [0.2, 0.25) is 0 Å². The second-order valence-corrected chi connectivity index (χ2v) is 4.09. The maximum atomic E-state index is 5.41. The van der Waals surface area contributed by atoms with Crippen LogP contribution in [0.3, 0.4) is 0 Å². The van der Waals surface area contributed by atoms with Crippen molar-refractivity contribution < 1.29 is 4.74 Å². The van der Waals surface area contributed by atoms with E-state index < -0.39 is 0 Å². The van der Waals surface area contributed by atoms with Crippen LogP contribution in [0.15, 0.2) is 30.3 Å². The molecule has 1 nitrogen and oxygen atoms in total. The smallest absolute Gasteiger partial charge is 0.106 e. The van der Waals surface area contributed by atoms with Gasteiger partial charge in [-0.2, -0.15) is 0 Å². The molecule has 1 rings (SSSR count). The number of alkyl halides is 1. The second kappa shape index (κ2) is 4.72. The van der Waals surface area contributed by atoms with Gasteiger partial charge in [0.05, 0.1) is 6.61 Å². The maximum Gasteiger partial charge on any atom is 0.106 e. The fraction of sp³-hybridized carbons (Fsp3) is 0.333. The fourth-order valence-electron chi connectivity index (χ4n) is 0.785. The zero-order valence-corrected chi connectivity index (χ0v) is 8.61. The summed E-state index contributed by atoms with van der Waals surface area (Å²) in [6, 6.07) is 10.2. The molecule has 1 unspecified atom stereocenters. The lowest BCUT2D eigenvalue weighted by molar-refractivity contribution is 0.121. The van der Waals surface area contributed by atoms with Crippen molar-refractivity contribution in [3.63, 3.8) is 0 Å². The van der Waals surface area contributed by atoms with Crippen LogP contribution < -0.4 is 0 Å². The van der Waals surface area contributed by atoms with E-state index in [-0.39, 0.29) is 4.11 Å². The predicted molar refractivity (Wildman–Crippen MR) is 54.7 cm³/mol. The van der Waals surface area contributed by atoms with E-state index in [0.717, 1.165) is 0 Å². The highest BCUT2D eigenvalue weighted by molar-refractivity contribution is 14.1. The van der Waals surface area contributed by atoms with E-state index in [0.29, 0.717) is 6.61 Å². The first-order valence-electron chi connectivity index (χ1n) is 3.58. The van der Waals surface area contributed by atoms with E-state index in [2.05, 4.69) is 34.7 Å².